The van der Waals surface area contributed by atoms with Crippen LogP contribution >= 0.6 is 0 Å². The third-order valence-corrected chi connectivity index (χ3v) is 6.05. The Balaban J connectivity index is 1.62. The number of pyridine rings is 2. The Morgan fingerprint density at radius 1 is 1.27 bits per heavy atom. The second kappa shape index (κ2) is 8.15. The first-order valence-electron chi connectivity index (χ1n) is 11.0. The van der Waals surface area contributed by atoms with E-state index in [0.29, 0.717) is 51.3 Å². The number of ether oxygens (including phenoxy) is 2. The van der Waals surface area contributed by atoms with Gasteiger partial charge in [-0.2, -0.15) is 0 Å². The zero-order valence-electron chi connectivity index (χ0n) is 19.1. The number of halogens is 1. The molecular weight excluding hydrogens is 425 g/mol. The van der Waals surface area contributed by atoms with Crippen molar-refractivity contribution in [3.63, 3.8) is 0 Å². The van der Waals surface area contributed by atoms with Crippen molar-refractivity contribution >= 4 is 21.9 Å². The maximum atomic E-state index is 15.4. The smallest absolute Gasteiger partial charge is 0.329 e. The van der Waals surface area contributed by atoms with Crippen LogP contribution in [0.1, 0.15) is 19.4 Å². The van der Waals surface area contributed by atoms with E-state index >= 15 is 4.39 Å². The monoisotopic (exact) mass is 451 g/mol. The molecule has 0 saturated heterocycles. The van der Waals surface area contributed by atoms with Crippen LogP contribution in [0.2, 0.25) is 0 Å². The zero-order valence-corrected chi connectivity index (χ0v) is 19.1. The summed E-state index contributed by atoms with van der Waals surface area (Å²) in [7, 11) is 5.75. The van der Waals surface area contributed by atoms with Gasteiger partial charge in [0.05, 0.1) is 46.3 Å². The second-order valence-corrected chi connectivity index (χ2v) is 8.71. The molecule has 33 heavy (non-hydrogen) atoms. The quantitative estimate of drug-likeness (QED) is 0.419. The van der Waals surface area contributed by atoms with E-state index in [9.17, 15) is 4.79 Å². The molecule has 8 nitrogen and oxygen atoms in total. The fourth-order valence-corrected chi connectivity index (χ4v) is 4.39. The molecule has 1 aromatic carbocycles. The molecule has 5 rings (SSSR count). The molecule has 4 aromatic rings. The Hall–Kier alpha value is -3.46. The molecule has 0 fully saturated rings. The van der Waals surface area contributed by atoms with Gasteiger partial charge in [0.1, 0.15) is 18.2 Å². The molecule has 0 radical (unpaired) electrons. The number of hydrogen-bond acceptors (Lipinski definition) is 6. The van der Waals surface area contributed by atoms with Crippen LogP contribution in [-0.2, 0) is 7.05 Å². The van der Waals surface area contributed by atoms with Crippen LogP contribution in [0.15, 0.2) is 35.4 Å². The van der Waals surface area contributed by atoms with Crippen LogP contribution in [-0.4, -0.2) is 57.9 Å². The molecule has 4 heterocycles. The van der Waals surface area contributed by atoms with Gasteiger partial charge in [-0.25, -0.2) is 14.2 Å². The lowest BCUT2D eigenvalue weighted by molar-refractivity contribution is 0.267. The summed E-state index contributed by atoms with van der Waals surface area (Å²) in [5, 5.41) is 0.634. The van der Waals surface area contributed by atoms with Crippen LogP contribution in [0.25, 0.3) is 33.1 Å². The van der Waals surface area contributed by atoms with Gasteiger partial charge in [0, 0.05) is 37.5 Å². The van der Waals surface area contributed by atoms with Gasteiger partial charge >= 0.3 is 5.69 Å². The number of benzene rings is 1. The molecule has 3 aromatic heterocycles. The van der Waals surface area contributed by atoms with Gasteiger partial charge in [0.2, 0.25) is 5.88 Å². The Morgan fingerprint density at radius 2 is 2.09 bits per heavy atom. The summed E-state index contributed by atoms with van der Waals surface area (Å²) < 4.78 is 30.5. The summed E-state index contributed by atoms with van der Waals surface area (Å²) in [5.41, 5.74) is 2.57. The van der Waals surface area contributed by atoms with Gasteiger partial charge in [0.25, 0.3) is 0 Å². The minimum absolute atomic E-state index is 0.147. The molecule has 0 spiro atoms. The molecule has 9 heteroatoms. The molecular formula is C24H26FN5O3. The van der Waals surface area contributed by atoms with Crippen molar-refractivity contribution in [2.45, 2.75) is 19.4 Å². The summed E-state index contributed by atoms with van der Waals surface area (Å²) in [5.74, 6) is 0.415. The number of rotatable bonds is 6. The average Bonchev–Trinajstić information content (AvgIpc) is 2.94. The highest BCUT2D eigenvalue weighted by Crippen LogP contribution is 2.43. The maximum absolute atomic E-state index is 15.4. The molecule has 172 valence electrons. The van der Waals surface area contributed by atoms with Crippen molar-refractivity contribution in [3.8, 4) is 22.8 Å². The summed E-state index contributed by atoms with van der Waals surface area (Å²) in [6.45, 7) is 3.63. The van der Waals surface area contributed by atoms with E-state index in [1.165, 1.54) is 6.07 Å². The van der Waals surface area contributed by atoms with Crippen LogP contribution in [0.3, 0.4) is 0 Å². The van der Waals surface area contributed by atoms with Crippen LogP contribution < -0.4 is 15.2 Å². The number of aromatic nitrogens is 4. The predicted molar refractivity (Wildman–Crippen MR) is 125 cm³/mol. The first kappa shape index (κ1) is 21.4. The minimum atomic E-state index is -0.454. The number of hydrogen-bond donors (Lipinski definition) is 0. The third-order valence-electron chi connectivity index (χ3n) is 6.05. The standard InChI is InChI=1S/C24H26FN5O3/c1-14-13-33-23-20(15-6-7-19(27-11-15)32-9-5-8-28(2)3)16(25)10-17-21(23)22-18(12-26-17)29(4)24(31)30(14)22/h6-7,10-12,14H,5,8-9,13H2,1-4H3/t14-/m0/s1. The van der Waals surface area contributed by atoms with Crippen LogP contribution in [0.5, 0.6) is 11.6 Å². The van der Waals surface area contributed by atoms with Crippen LogP contribution in [0, 0.1) is 5.82 Å². The summed E-state index contributed by atoms with van der Waals surface area (Å²) >= 11 is 0. The first-order chi connectivity index (χ1) is 15.9. The molecule has 0 aliphatic carbocycles. The van der Waals surface area contributed by atoms with E-state index in [-0.39, 0.29) is 18.3 Å². The van der Waals surface area contributed by atoms with E-state index in [4.69, 9.17) is 9.47 Å². The van der Waals surface area contributed by atoms with Gasteiger partial charge in [-0.15, -0.1) is 0 Å². The Bertz CT molecular complexity index is 1410. The maximum Gasteiger partial charge on any atom is 0.329 e. The number of imidazole rings is 1. The van der Waals surface area contributed by atoms with Gasteiger partial charge in [-0.05, 0) is 33.5 Å². The summed E-state index contributed by atoms with van der Waals surface area (Å²) in [6.07, 6.45) is 4.08. The molecule has 0 N–H and O–H groups in total. The molecule has 1 aliphatic heterocycles. The van der Waals surface area contributed by atoms with E-state index in [2.05, 4.69) is 14.9 Å². The fourth-order valence-electron chi connectivity index (χ4n) is 4.39. The lowest BCUT2D eigenvalue weighted by Crippen LogP contribution is -2.27. The Labute approximate surface area is 190 Å². The highest BCUT2D eigenvalue weighted by molar-refractivity contribution is 6.09. The molecule has 0 unspecified atom stereocenters. The van der Waals surface area contributed by atoms with Crippen molar-refractivity contribution in [3.05, 3.63) is 46.9 Å². The van der Waals surface area contributed by atoms with E-state index in [0.717, 1.165) is 13.0 Å². The molecule has 0 amide bonds. The Kier molecular flexibility index (Phi) is 5.28. The van der Waals surface area contributed by atoms with E-state index in [1.54, 1.807) is 40.7 Å². The van der Waals surface area contributed by atoms with Gasteiger partial charge in [0.15, 0.2) is 0 Å². The second-order valence-electron chi connectivity index (χ2n) is 8.71. The highest BCUT2D eigenvalue weighted by atomic mass is 19.1. The first-order valence-corrected chi connectivity index (χ1v) is 11.0. The fraction of sp³-hybridized carbons (Fsp3) is 0.375. The lowest BCUT2D eigenvalue weighted by atomic mass is 10.0. The summed E-state index contributed by atoms with van der Waals surface area (Å²) in [6, 6.07) is 4.68. The summed E-state index contributed by atoms with van der Waals surface area (Å²) in [4.78, 5) is 23.8. The van der Waals surface area contributed by atoms with Crippen molar-refractivity contribution in [2.24, 2.45) is 7.05 Å². The number of nitrogens with zero attached hydrogens (tertiary/aromatic N) is 5. The van der Waals surface area contributed by atoms with Crippen LogP contribution in [0.4, 0.5) is 4.39 Å². The normalized spacial score (nSPS) is 15.4. The van der Waals surface area contributed by atoms with E-state index in [1.807, 2.05) is 21.0 Å². The van der Waals surface area contributed by atoms with Gasteiger partial charge < -0.3 is 14.4 Å². The van der Waals surface area contributed by atoms with Crippen molar-refractivity contribution in [1.29, 1.82) is 0 Å². The van der Waals surface area contributed by atoms with Crippen molar-refractivity contribution < 1.29 is 13.9 Å². The zero-order chi connectivity index (χ0) is 23.3. The van der Waals surface area contributed by atoms with Crippen molar-refractivity contribution in [1.82, 2.24) is 24.0 Å². The Morgan fingerprint density at radius 3 is 2.82 bits per heavy atom. The molecule has 0 bridgehead atoms. The average molecular weight is 452 g/mol. The molecule has 0 saturated carbocycles. The minimum Gasteiger partial charge on any atom is -0.490 e. The number of aryl methyl sites for hydroxylation is 1. The van der Waals surface area contributed by atoms with Gasteiger partial charge in [-0.3, -0.25) is 14.1 Å². The SMILES string of the molecule is C[C@H]1COc2c(-c3ccc(OCCCN(C)C)nc3)c(F)cc3ncc4c(c23)n1c(=O)n4C. The molecule has 1 aliphatic rings. The highest BCUT2D eigenvalue weighted by Gasteiger charge is 2.28. The third kappa shape index (κ3) is 3.52. The largest absolute Gasteiger partial charge is 0.490 e. The lowest BCUT2D eigenvalue weighted by Gasteiger charge is -2.15. The van der Waals surface area contributed by atoms with Crippen molar-refractivity contribution in [2.75, 3.05) is 33.9 Å². The molecule has 1 atom stereocenters. The topological polar surface area (TPSA) is 74.4 Å². The van der Waals surface area contributed by atoms with Gasteiger partial charge in [-0.1, -0.05) is 0 Å². The predicted octanol–water partition coefficient (Wildman–Crippen LogP) is 3.37. The van der Waals surface area contributed by atoms with E-state index < -0.39 is 5.82 Å².